The molecule has 1 aliphatic rings. The van der Waals surface area contributed by atoms with Crippen molar-refractivity contribution in [2.45, 2.75) is 38.6 Å². The maximum Gasteiger partial charge on any atom is 0.251 e. The van der Waals surface area contributed by atoms with Crippen LogP contribution in [0.1, 0.15) is 43.0 Å². The quantitative estimate of drug-likeness (QED) is 0.773. The normalized spacial score (nSPS) is 22.3. The molecule has 2 unspecified atom stereocenters. The van der Waals surface area contributed by atoms with Crippen molar-refractivity contribution in [2.24, 2.45) is 11.7 Å². The second kappa shape index (κ2) is 7.29. The zero-order chi connectivity index (χ0) is 14.4. The molecule has 1 aromatic rings. The van der Waals surface area contributed by atoms with Gasteiger partial charge in [0.05, 0.1) is 0 Å². The van der Waals surface area contributed by atoms with Crippen molar-refractivity contribution in [2.75, 3.05) is 18.4 Å². The highest BCUT2D eigenvalue weighted by Gasteiger charge is 2.23. The molecule has 0 heterocycles. The fourth-order valence-electron chi connectivity index (χ4n) is 2.87. The minimum atomic E-state index is -0.0171. The standard InChI is InChI=1S/C16H25N3O/c1-2-18-16(20)12-7-9-14(10-8-12)19-15-6-4-3-5-13(15)11-17/h7-10,13,15,19H,2-6,11,17H2,1H3,(H,18,20). The van der Waals surface area contributed by atoms with Gasteiger partial charge in [0, 0.05) is 23.8 Å². The fourth-order valence-corrected chi connectivity index (χ4v) is 2.87. The summed E-state index contributed by atoms with van der Waals surface area (Å²) in [6, 6.07) is 8.16. The largest absolute Gasteiger partial charge is 0.382 e. The highest BCUT2D eigenvalue weighted by molar-refractivity contribution is 5.94. The van der Waals surface area contributed by atoms with Gasteiger partial charge in [0.25, 0.3) is 5.91 Å². The van der Waals surface area contributed by atoms with Crippen LogP contribution in [0.2, 0.25) is 0 Å². The Hall–Kier alpha value is -1.55. The third-order valence-corrected chi connectivity index (χ3v) is 4.05. The molecule has 4 N–H and O–H groups in total. The maximum absolute atomic E-state index is 11.7. The van der Waals surface area contributed by atoms with Crippen molar-refractivity contribution in [3.05, 3.63) is 29.8 Å². The van der Waals surface area contributed by atoms with Crippen molar-refractivity contribution in [1.29, 1.82) is 0 Å². The smallest absolute Gasteiger partial charge is 0.251 e. The van der Waals surface area contributed by atoms with E-state index in [1.54, 1.807) is 0 Å². The van der Waals surface area contributed by atoms with E-state index in [1.807, 2.05) is 31.2 Å². The molecule has 0 spiro atoms. The van der Waals surface area contributed by atoms with Crippen LogP contribution in [0.5, 0.6) is 0 Å². The first-order valence-corrected chi connectivity index (χ1v) is 7.59. The summed E-state index contributed by atoms with van der Waals surface area (Å²) >= 11 is 0. The van der Waals surface area contributed by atoms with E-state index in [9.17, 15) is 4.79 Å². The van der Waals surface area contributed by atoms with Gasteiger partial charge in [-0.3, -0.25) is 4.79 Å². The molecule has 4 heteroatoms. The number of carbonyl (C=O) groups excluding carboxylic acids is 1. The Morgan fingerprint density at radius 2 is 1.95 bits per heavy atom. The Kier molecular flexibility index (Phi) is 5.41. The van der Waals surface area contributed by atoms with Crippen LogP contribution >= 0.6 is 0 Å². The summed E-state index contributed by atoms with van der Waals surface area (Å²) in [5, 5.41) is 6.37. The van der Waals surface area contributed by atoms with Crippen LogP contribution in [-0.4, -0.2) is 25.0 Å². The number of carbonyl (C=O) groups is 1. The van der Waals surface area contributed by atoms with Crippen LogP contribution in [0, 0.1) is 5.92 Å². The average Bonchev–Trinajstić information content (AvgIpc) is 2.49. The van der Waals surface area contributed by atoms with Crippen molar-refractivity contribution >= 4 is 11.6 Å². The summed E-state index contributed by atoms with van der Waals surface area (Å²) in [5.74, 6) is 0.545. The van der Waals surface area contributed by atoms with Gasteiger partial charge in [-0.1, -0.05) is 12.8 Å². The van der Waals surface area contributed by atoms with Crippen molar-refractivity contribution < 1.29 is 4.79 Å². The molecular formula is C16H25N3O. The molecular weight excluding hydrogens is 250 g/mol. The lowest BCUT2D eigenvalue weighted by atomic mass is 9.84. The maximum atomic E-state index is 11.7. The Bertz CT molecular complexity index is 430. The lowest BCUT2D eigenvalue weighted by molar-refractivity contribution is 0.0956. The van der Waals surface area contributed by atoms with Gasteiger partial charge in [-0.2, -0.15) is 0 Å². The number of hydrogen-bond donors (Lipinski definition) is 3. The molecule has 2 rings (SSSR count). The average molecular weight is 275 g/mol. The number of nitrogens with one attached hydrogen (secondary N) is 2. The lowest BCUT2D eigenvalue weighted by Gasteiger charge is -2.32. The van der Waals surface area contributed by atoms with Gasteiger partial charge >= 0.3 is 0 Å². The number of amides is 1. The predicted octanol–water partition coefficient (Wildman–Crippen LogP) is 2.37. The van der Waals surface area contributed by atoms with Crippen molar-refractivity contribution in [3.8, 4) is 0 Å². The summed E-state index contributed by atoms with van der Waals surface area (Å²) in [6.07, 6.45) is 4.95. The molecule has 1 aromatic carbocycles. The van der Waals surface area contributed by atoms with Crippen LogP contribution in [-0.2, 0) is 0 Å². The number of rotatable bonds is 5. The van der Waals surface area contributed by atoms with E-state index in [2.05, 4.69) is 10.6 Å². The summed E-state index contributed by atoms with van der Waals surface area (Å²) < 4.78 is 0. The van der Waals surface area contributed by atoms with E-state index in [0.717, 1.165) is 12.2 Å². The van der Waals surface area contributed by atoms with Gasteiger partial charge in [-0.25, -0.2) is 0 Å². The van der Waals surface area contributed by atoms with E-state index < -0.39 is 0 Å². The molecule has 0 aliphatic heterocycles. The van der Waals surface area contributed by atoms with Crippen LogP contribution in [0.4, 0.5) is 5.69 Å². The van der Waals surface area contributed by atoms with Crippen LogP contribution in [0.15, 0.2) is 24.3 Å². The van der Waals surface area contributed by atoms with Crippen molar-refractivity contribution in [1.82, 2.24) is 5.32 Å². The van der Waals surface area contributed by atoms with Crippen molar-refractivity contribution in [3.63, 3.8) is 0 Å². The summed E-state index contributed by atoms with van der Waals surface area (Å²) in [6.45, 7) is 3.32. The van der Waals surface area contributed by atoms with Gasteiger partial charge < -0.3 is 16.4 Å². The molecule has 20 heavy (non-hydrogen) atoms. The van der Waals surface area contributed by atoms with Gasteiger partial charge in [-0.15, -0.1) is 0 Å². The monoisotopic (exact) mass is 275 g/mol. The second-order valence-corrected chi connectivity index (χ2v) is 5.47. The summed E-state index contributed by atoms with van der Waals surface area (Å²) in [4.78, 5) is 11.7. The van der Waals surface area contributed by atoms with E-state index in [-0.39, 0.29) is 5.91 Å². The third-order valence-electron chi connectivity index (χ3n) is 4.05. The second-order valence-electron chi connectivity index (χ2n) is 5.47. The van der Waals surface area contributed by atoms with E-state index >= 15 is 0 Å². The van der Waals surface area contributed by atoms with Gasteiger partial charge in [0.1, 0.15) is 0 Å². The molecule has 0 saturated heterocycles. The molecule has 4 nitrogen and oxygen atoms in total. The third kappa shape index (κ3) is 3.73. The predicted molar refractivity (Wildman–Crippen MR) is 82.9 cm³/mol. The Morgan fingerprint density at radius 1 is 1.25 bits per heavy atom. The molecule has 0 radical (unpaired) electrons. The van der Waals surface area contributed by atoms with Gasteiger partial charge in [-0.05, 0) is 56.5 Å². The minimum absolute atomic E-state index is 0.0171. The highest BCUT2D eigenvalue weighted by Crippen LogP contribution is 2.26. The fraction of sp³-hybridized carbons (Fsp3) is 0.562. The van der Waals surface area contributed by atoms with E-state index in [1.165, 1.54) is 25.7 Å². The Balaban J connectivity index is 1.97. The molecule has 1 amide bonds. The lowest BCUT2D eigenvalue weighted by Crippen LogP contribution is -2.36. The SMILES string of the molecule is CCNC(=O)c1ccc(NC2CCCCC2CN)cc1. The van der Waals surface area contributed by atoms with E-state index in [4.69, 9.17) is 5.73 Å². The number of anilines is 1. The topological polar surface area (TPSA) is 67.2 Å². The first-order valence-electron chi connectivity index (χ1n) is 7.59. The Morgan fingerprint density at radius 3 is 2.60 bits per heavy atom. The number of benzene rings is 1. The van der Waals surface area contributed by atoms with Gasteiger partial charge in [0.2, 0.25) is 0 Å². The molecule has 1 saturated carbocycles. The van der Waals surface area contributed by atoms with E-state index in [0.29, 0.717) is 24.1 Å². The van der Waals surface area contributed by atoms with Gasteiger partial charge in [0.15, 0.2) is 0 Å². The first-order chi connectivity index (χ1) is 9.74. The Labute approximate surface area is 121 Å². The highest BCUT2D eigenvalue weighted by atomic mass is 16.1. The summed E-state index contributed by atoms with van der Waals surface area (Å²) in [5.41, 5.74) is 7.63. The number of nitrogens with two attached hydrogens (primary N) is 1. The first kappa shape index (κ1) is 14.9. The van der Waals surface area contributed by atoms with Crippen LogP contribution in [0.25, 0.3) is 0 Å². The summed E-state index contributed by atoms with van der Waals surface area (Å²) in [7, 11) is 0. The molecule has 0 aromatic heterocycles. The number of hydrogen-bond acceptors (Lipinski definition) is 3. The molecule has 2 atom stereocenters. The molecule has 110 valence electrons. The zero-order valence-corrected chi connectivity index (χ0v) is 12.2. The van der Waals surface area contributed by atoms with Crippen LogP contribution < -0.4 is 16.4 Å². The zero-order valence-electron chi connectivity index (χ0n) is 12.2. The van der Waals surface area contributed by atoms with Crippen LogP contribution in [0.3, 0.4) is 0 Å². The molecule has 1 fully saturated rings. The minimum Gasteiger partial charge on any atom is -0.382 e. The molecule has 1 aliphatic carbocycles. The molecule has 0 bridgehead atoms.